The lowest BCUT2D eigenvalue weighted by Gasteiger charge is -2.08. The topological polar surface area (TPSA) is 59.4 Å². The molecule has 1 aromatic heterocycles. The third-order valence-corrected chi connectivity index (χ3v) is 1.90. The minimum Gasteiger partial charge on any atom is -0.506 e. The molecule has 0 saturated carbocycles. The monoisotopic (exact) mass is 231 g/mol. The molecule has 0 aliphatic carbocycles. The lowest BCUT2D eigenvalue weighted by Crippen LogP contribution is -2.11. The summed E-state index contributed by atoms with van der Waals surface area (Å²) in [7, 11) is 0. The predicted octanol–water partition coefficient (Wildman–Crippen LogP) is 2.21. The third kappa shape index (κ3) is 2.44. The maximum absolute atomic E-state index is 12.4. The summed E-state index contributed by atoms with van der Waals surface area (Å²) in [5.74, 6) is -1.40. The maximum Gasteiger partial charge on any atom is 0.357 e. The van der Waals surface area contributed by atoms with E-state index in [4.69, 9.17) is 0 Å². The minimum absolute atomic E-state index is 0.130. The normalized spacial score (nSPS) is 10.6. The van der Waals surface area contributed by atoms with Gasteiger partial charge in [-0.15, -0.1) is 0 Å². The van der Waals surface area contributed by atoms with Crippen LogP contribution >= 0.6 is 0 Å². The molecule has 0 fully saturated rings. The molecular formula is C10H11F2NO3. The van der Waals surface area contributed by atoms with Gasteiger partial charge < -0.3 is 9.84 Å². The summed E-state index contributed by atoms with van der Waals surface area (Å²) < 4.78 is 29.5. The average Bonchev–Trinajstić information content (AvgIpc) is 2.17. The highest BCUT2D eigenvalue weighted by Gasteiger charge is 2.21. The number of aromatic nitrogens is 1. The first-order chi connectivity index (χ1) is 7.47. The molecule has 0 amide bonds. The van der Waals surface area contributed by atoms with Crippen LogP contribution in [0.15, 0.2) is 6.07 Å². The van der Waals surface area contributed by atoms with E-state index in [1.807, 2.05) is 0 Å². The van der Waals surface area contributed by atoms with Gasteiger partial charge in [-0.25, -0.2) is 18.6 Å². The molecule has 1 rings (SSSR count). The second kappa shape index (κ2) is 4.87. The van der Waals surface area contributed by atoms with E-state index < -0.39 is 23.8 Å². The van der Waals surface area contributed by atoms with Crippen LogP contribution in [0.5, 0.6) is 5.75 Å². The van der Waals surface area contributed by atoms with Crippen molar-refractivity contribution in [3.8, 4) is 5.75 Å². The Morgan fingerprint density at radius 2 is 2.25 bits per heavy atom. The molecule has 16 heavy (non-hydrogen) atoms. The molecule has 0 saturated heterocycles. The van der Waals surface area contributed by atoms with Gasteiger partial charge in [-0.3, -0.25) is 0 Å². The molecule has 0 aromatic carbocycles. The number of rotatable bonds is 3. The van der Waals surface area contributed by atoms with Crippen LogP contribution in [-0.4, -0.2) is 22.7 Å². The Hall–Kier alpha value is -1.72. The summed E-state index contributed by atoms with van der Waals surface area (Å²) in [6.45, 7) is 3.21. The van der Waals surface area contributed by atoms with Crippen molar-refractivity contribution >= 4 is 5.97 Å². The van der Waals surface area contributed by atoms with Crippen LogP contribution in [-0.2, 0) is 4.74 Å². The van der Waals surface area contributed by atoms with Crippen molar-refractivity contribution in [1.29, 1.82) is 0 Å². The number of esters is 1. The summed E-state index contributed by atoms with van der Waals surface area (Å²) >= 11 is 0. The number of aryl methyl sites for hydroxylation is 1. The van der Waals surface area contributed by atoms with Crippen LogP contribution in [0.25, 0.3) is 0 Å². The number of alkyl halides is 2. The summed E-state index contributed by atoms with van der Waals surface area (Å²) in [6.07, 6.45) is -2.94. The van der Waals surface area contributed by atoms with E-state index in [-0.39, 0.29) is 12.3 Å². The van der Waals surface area contributed by atoms with Crippen molar-refractivity contribution < 1.29 is 23.4 Å². The fourth-order valence-electron chi connectivity index (χ4n) is 1.18. The summed E-state index contributed by atoms with van der Waals surface area (Å²) in [6, 6.07) is 1.07. The fourth-order valence-corrected chi connectivity index (χ4v) is 1.18. The Balaban J connectivity index is 3.19. The molecule has 1 N–H and O–H groups in total. The van der Waals surface area contributed by atoms with Gasteiger partial charge in [0.1, 0.15) is 11.4 Å². The Morgan fingerprint density at radius 3 is 2.75 bits per heavy atom. The van der Waals surface area contributed by atoms with Crippen LogP contribution in [0.3, 0.4) is 0 Å². The summed E-state index contributed by atoms with van der Waals surface area (Å²) in [4.78, 5) is 14.8. The van der Waals surface area contributed by atoms with Crippen LogP contribution in [0.1, 0.15) is 35.1 Å². The number of aromatic hydroxyl groups is 1. The second-order valence-corrected chi connectivity index (χ2v) is 3.08. The minimum atomic E-state index is -2.94. The average molecular weight is 231 g/mol. The second-order valence-electron chi connectivity index (χ2n) is 3.08. The highest BCUT2D eigenvalue weighted by molar-refractivity contribution is 5.89. The molecule has 0 atom stereocenters. The Kier molecular flexibility index (Phi) is 3.76. The number of hydrogen-bond donors (Lipinski definition) is 1. The molecule has 0 unspecified atom stereocenters. The van der Waals surface area contributed by atoms with Gasteiger partial charge in [0.15, 0.2) is 5.69 Å². The number of pyridine rings is 1. The zero-order valence-electron chi connectivity index (χ0n) is 8.83. The first-order valence-corrected chi connectivity index (χ1v) is 4.63. The molecule has 88 valence electrons. The third-order valence-electron chi connectivity index (χ3n) is 1.90. The highest BCUT2D eigenvalue weighted by Crippen LogP contribution is 2.28. The van der Waals surface area contributed by atoms with Crippen molar-refractivity contribution in [3.05, 3.63) is 23.0 Å². The van der Waals surface area contributed by atoms with Crippen molar-refractivity contribution in [2.75, 3.05) is 6.61 Å². The van der Waals surface area contributed by atoms with Crippen molar-refractivity contribution in [3.63, 3.8) is 0 Å². The molecule has 1 heterocycles. The van der Waals surface area contributed by atoms with E-state index in [0.29, 0.717) is 5.56 Å². The predicted molar refractivity (Wildman–Crippen MR) is 51.6 cm³/mol. The van der Waals surface area contributed by atoms with Gasteiger partial charge in [0.25, 0.3) is 6.43 Å². The maximum atomic E-state index is 12.4. The molecular weight excluding hydrogens is 220 g/mol. The highest BCUT2D eigenvalue weighted by atomic mass is 19.3. The van der Waals surface area contributed by atoms with Gasteiger partial charge in [-0.2, -0.15) is 0 Å². The van der Waals surface area contributed by atoms with Gasteiger partial charge in [0, 0.05) is 0 Å². The number of halogens is 2. The Labute approximate surface area is 90.9 Å². The van der Waals surface area contributed by atoms with Crippen LogP contribution in [0, 0.1) is 6.92 Å². The zero-order chi connectivity index (χ0) is 12.3. The molecule has 0 aliphatic rings. The van der Waals surface area contributed by atoms with Crippen molar-refractivity contribution in [1.82, 2.24) is 4.98 Å². The standard InChI is InChI=1S/C10H11F2NO3/c1-3-16-10(15)7-5(2)4-6(14)8(13-7)9(11)12/h4,9,14H,3H2,1-2H3. The zero-order valence-corrected chi connectivity index (χ0v) is 8.83. The first kappa shape index (κ1) is 12.4. The van der Waals surface area contributed by atoms with Gasteiger partial charge >= 0.3 is 5.97 Å². The van der Waals surface area contributed by atoms with Gasteiger partial charge in [-0.1, -0.05) is 0 Å². The van der Waals surface area contributed by atoms with E-state index in [2.05, 4.69) is 9.72 Å². The SMILES string of the molecule is CCOC(=O)c1nc(C(F)F)c(O)cc1C. The smallest absolute Gasteiger partial charge is 0.357 e. The molecule has 0 bridgehead atoms. The van der Waals surface area contributed by atoms with Crippen molar-refractivity contribution in [2.45, 2.75) is 20.3 Å². The largest absolute Gasteiger partial charge is 0.506 e. The number of carbonyl (C=O) groups excluding carboxylic acids is 1. The quantitative estimate of drug-likeness (QED) is 0.810. The van der Waals surface area contributed by atoms with Crippen molar-refractivity contribution in [2.24, 2.45) is 0 Å². The molecule has 6 heteroatoms. The van der Waals surface area contributed by atoms with Gasteiger partial charge in [0.05, 0.1) is 6.61 Å². The fraction of sp³-hybridized carbons (Fsp3) is 0.400. The van der Waals surface area contributed by atoms with E-state index in [9.17, 15) is 18.7 Å². The number of hydrogen-bond acceptors (Lipinski definition) is 4. The molecule has 4 nitrogen and oxygen atoms in total. The number of nitrogens with zero attached hydrogens (tertiary/aromatic N) is 1. The van der Waals surface area contributed by atoms with E-state index in [0.717, 1.165) is 6.07 Å². The Morgan fingerprint density at radius 1 is 1.62 bits per heavy atom. The molecule has 0 aliphatic heterocycles. The molecule has 1 aromatic rings. The number of carbonyl (C=O) groups is 1. The van der Waals surface area contributed by atoms with E-state index in [1.165, 1.54) is 6.92 Å². The molecule has 0 radical (unpaired) electrons. The number of ether oxygens (including phenoxy) is 1. The van der Waals surface area contributed by atoms with Crippen LogP contribution < -0.4 is 0 Å². The van der Waals surface area contributed by atoms with E-state index >= 15 is 0 Å². The molecule has 0 spiro atoms. The Bertz CT molecular complexity index is 407. The first-order valence-electron chi connectivity index (χ1n) is 4.63. The summed E-state index contributed by atoms with van der Waals surface area (Å²) in [5, 5.41) is 9.20. The lowest BCUT2D eigenvalue weighted by molar-refractivity contribution is 0.0516. The lowest BCUT2D eigenvalue weighted by atomic mass is 10.2. The van der Waals surface area contributed by atoms with Crippen LogP contribution in [0.4, 0.5) is 8.78 Å². The summed E-state index contributed by atoms with van der Waals surface area (Å²) in [5.41, 5.74) is -0.719. The van der Waals surface area contributed by atoms with Gasteiger partial charge in [0.2, 0.25) is 0 Å². The van der Waals surface area contributed by atoms with Gasteiger partial charge in [-0.05, 0) is 25.5 Å². The van der Waals surface area contributed by atoms with E-state index in [1.54, 1.807) is 6.92 Å². The van der Waals surface area contributed by atoms with Crippen LogP contribution in [0.2, 0.25) is 0 Å².